The van der Waals surface area contributed by atoms with Crippen LogP contribution in [0.15, 0.2) is 42.7 Å². The van der Waals surface area contributed by atoms with Gasteiger partial charge in [0.1, 0.15) is 0 Å². The van der Waals surface area contributed by atoms with Gasteiger partial charge in [-0.2, -0.15) is 5.10 Å². The lowest BCUT2D eigenvalue weighted by Gasteiger charge is -2.26. The number of aromatic nitrogens is 2. The summed E-state index contributed by atoms with van der Waals surface area (Å²) in [5.74, 6) is 0. The van der Waals surface area contributed by atoms with Gasteiger partial charge in [-0.3, -0.25) is 4.68 Å². The molecule has 0 spiro atoms. The minimum absolute atomic E-state index is 0.263. The van der Waals surface area contributed by atoms with E-state index >= 15 is 0 Å². The Morgan fingerprint density at radius 1 is 1.28 bits per heavy atom. The van der Waals surface area contributed by atoms with Gasteiger partial charge in [0.15, 0.2) is 0 Å². The summed E-state index contributed by atoms with van der Waals surface area (Å²) in [6.45, 7) is 0. The quantitative estimate of drug-likeness (QED) is 0.891. The van der Waals surface area contributed by atoms with Crippen LogP contribution in [0, 0.1) is 0 Å². The number of hydrogen-bond acceptors (Lipinski definition) is 2. The van der Waals surface area contributed by atoms with E-state index in [1.165, 1.54) is 24.0 Å². The highest BCUT2D eigenvalue weighted by Gasteiger charge is 2.50. The summed E-state index contributed by atoms with van der Waals surface area (Å²) in [6.07, 6.45) is 6.59. The zero-order valence-electron chi connectivity index (χ0n) is 10.9. The number of likely N-dealkylation sites (N-methyl/N-ethyl adjacent to an activating group) is 1. The highest BCUT2D eigenvalue weighted by atomic mass is 15.2. The molecule has 0 saturated heterocycles. The zero-order valence-corrected chi connectivity index (χ0v) is 10.9. The Morgan fingerprint density at radius 3 is 2.50 bits per heavy atom. The summed E-state index contributed by atoms with van der Waals surface area (Å²) < 4.78 is 1.88. The zero-order chi connectivity index (χ0) is 12.6. The van der Waals surface area contributed by atoms with Crippen molar-refractivity contribution in [3.8, 4) is 0 Å². The Labute approximate surface area is 108 Å². The largest absolute Gasteiger partial charge is 0.312 e. The lowest BCUT2D eigenvalue weighted by atomic mass is 9.85. The molecule has 0 bridgehead atoms. The minimum atomic E-state index is 0.263. The predicted octanol–water partition coefficient (Wildman–Crippen LogP) is 2.41. The van der Waals surface area contributed by atoms with E-state index < -0.39 is 0 Å². The van der Waals surface area contributed by atoms with Crippen LogP contribution in [0.25, 0.3) is 0 Å². The normalized spacial score (nSPS) is 18.6. The average Bonchev–Trinajstić information content (AvgIpc) is 3.09. The standard InChI is InChI=1S/C15H19N3/c1-16-14(12-10-17-18(2)11-12)15(8-9-15)13-6-4-3-5-7-13/h3-7,10-11,14,16H,8-9H2,1-2H3. The molecule has 0 radical (unpaired) electrons. The fraction of sp³-hybridized carbons (Fsp3) is 0.400. The van der Waals surface area contributed by atoms with Gasteiger partial charge in [0.25, 0.3) is 0 Å². The van der Waals surface area contributed by atoms with E-state index in [1.54, 1.807) is 0 Å². The van der Waals surface area contributed by atoms with Crippen molar-refractivity contribution < 1.29 is 0 Å². The van der Waals surface area contributed by atoms with Crippen molar-refractivity contribution in [2.24, 2.45) is 7.05 Å². The van der Waals surface area contributed by atoms with Gasteiger partial charge in [-0.25, -0.2) is 0 Å². The molecule has 1 aliphatic rings. The van der Waals surface area contributed by atoms with Gasteiger partial charge >= 0.3 is 0 Å². The summed E-state index contributed by atoms with van der Waals surface area (Å²) in [6, 6.07) is 11.2. The van der Waals surface area contributed by atoms with Gasteiger partial charge in [-0.15, -0.1) is 0 Å². The maximum absolute atomic E-state index is 4.30. The van der Waals surface area contributed by atoms with E-state index in [-0.39, 0.29) is 5.41 Å². The summed E-state index contributed by atoms with van der Waals surface area (Å²) in [5, 5.41) is 7.78. The molecule has 1 N–H and O–H groups in total. The fourth-order valence-electron chi connectivity index (χ4n) is 3.00. The van der Waals surface area contributed by atoms with Crippen LogP contribution in [0.2, 0.25) is 0 Å². The van der Waals surface area contributed by atoms with Crippen LogP contribution in [-0.4, -0.2) is 16.8 Å². The second-order valence-electron chi connectivity index (χ2n) is 5.19. The van der Waals surface area contributed by atoms with Crippen molar-refractivity contribution in [3.05, 3.63) is 53.9 Å². The van der Waals surface area contributed by atoms with Crippen LogP contribution in [0.4, 0.5) is 0 Å². The molecule has 3 rings (SSSR count). The first kappa shape index (κ1) is 11.5. The van der Waals surface area contributed by atoms with Crippen molar-refractivity contribution in [2.75, 3.05) is 7.05 Å². The highest BCUT2D eigenvalue weighted by Crippen LogP contribution is 2.56. The van der Waals surface area contributed by atoms with Crippen molar-refractivity contribution in [3.63, 3.8) is 0 Å². The Bertz CT molecular complexity index is 526. The van der Waals surface area contributed by atoms with Gasteiger partial charge in [0, 0.05) is 30.3 Å². The number of aryl methyl sites for hydroxylation is 1. The Morgan fingerprint density at radius 2 is 2.00 bits per heavy atom. The van der Waals surface area contributed by atoms with E-state index in [9.17, 15) is 0 Å². The molecule has 94 valence electrons. The number of nitrogens with one attached hydrogen (secondary N) is 1. The first-order valence-electron chi connectivity index (χ1n) is 6.47. The molecule has 3 nitrogen and oxygen atoms in total. The molecule has 0 amide bonds. The molecule has 18 heavy (non-hydrogen) atoms. The maximum Gasteiger partial charge on any atom is 0.0537 e. The molecule has 3 heteroatoms. The van der Waals surface area contributed by atoms with Crippen LogP contribution in [0.5, 0.6) is 0 Å². The summed E-state index contributed by atoms with van der Waals surface area (Å²) in [5.41, 5.74) is 2.98. The van der Waals surface area contributed by atoms with Gasteiger partial charge in [0.05, 0.1) is 6.20 Å². The van der Waals surface area contributed by atoms with Crippen LogP contribution in [0.1, 0.15) is 30.0 Å². The lowest BCUT2D eigenvalue weighted by molar-refractivity contribution is 0.463. The van der Waals surface area contributed by atoms with E-state index in [0.717, 1.165) is 0 Å². The van der Waals surface area contributed by atoms with Crippen LogP contribution >= 0.6 is 0 Å². The number of benzene rings is 1. The fourth-order valence-corrected chi connectivity index (χ4v) is 3.00. The summed E-state index contributed by atoms with van der Waals surface area (Å²) in [7, 11) is 4.01. The molecule has 0 aliphatic heterocycles. The topological polar surface area (TPSA) is 29.9 Å². The number of nitrogens with zero attached hydrogens (tertiary/aromatic N) is 2. The predicted molar refractivity (Wildman–Crippen MR) is 72.4 cm³/mol. The number of hydrogen-bond donors (Lipinski definition) is 1. The van der Waals surface area contributed by atoms with E-state index in [4.69, 9.17) is 0 Å². The third-order valence-electron chi connectivity index (χ3n) is 4.04. The van der Waals surface area contributed by atoms with Crippen molar-refractivity contribution in [1.29, 1.82) is 0 Å². The number of rotatable bonds is 4. The molecule has 1 aromatic carbocycles. The molecule has 1 saturated carbocycles. The molecule has 1 atom stereocenters. The Hall–Kier alpha value is -1.61. The molecule has 2 aromatic rings. The highest BCUT2D eigenvalue weighted by molar-refractivity contribution is 5.37. The molecule has 1 fully saturated rings. The molecular formula is C15H19N3. The maximum atomic E-state index is 4.30. The van der Waals surface area contributed by atoms with Crippen molar-refractivity contribution >= 4 is 0 Å². The SMILES string of the molecule is CNC(c1cnn(C)c1)C1(c2ccccc2)CC1. The third kappa shape index (κ3) is 1.75. The lowest BCUT2D eigenvalue weighted by Crippen LogP contribution is -2.29. The molecule has 1 unspecified atom stereocenters. The van der Waals surface area contributed by atoms with Crippen LogP contribution in [0.3, 0.4) is 0 Å². The molecule has 1 heterocycles. The van der Waals surface area contributed by atoms with Gasteiger partial charge in [-0.1, -0.05) is 30.3 Å². The summed E-state index contributed by atoms with van der Waals surface area (Å²) >= 11 is 0. The second kappa shape index (κ2) is 4.25. The van der Waals surface area contributed by atoms with Crippen molar-refractivity contribution in [2.45, 2.75) is 24.3 Å². The average molecular weight is 241 g/mol. The first-order valence-corrected chi connectivity index (χ1v) is 6.47. The van der Waals surface area contributed by atoms with E-state index in [0.29, 0.717) is 6.04 Å². The van der Waals surface area contributed by atoms with E-state index in [2.05, 4.69) is 46.9 Å². The van der Waals surface area contributed by atoms with E-state index in [1.807, 2.05) is 25.0 Å². The Balaban J connectivity index is 1.97. The smallest absolute Gasteiger partial charge is 0.0537 e. The minimum Gasteiger partial charge on any atom is -0.312 e. The third-order valence-corrected chi connectivity index (χ3v) is 4.04. The monoisotopic (exact) mass is 241 g/mol. The van der Waals surface area contributed by atoms with Gasteiger partial charge < -0.3 is 5.32 Å². The van der Waals surface area contributed by atoms with Crippen LogP contribution < -0.4 is 5.32 Å². The van der Waals surface area contributed by atoms with Gasteiger partial charge in [-0.05, 0) is 25.5 Å². The molecular weight excluding hydrogens is 222 g/mol. The second-order valence-corrected chi connectivity index (χ2v) is 5.19. The van der Waals surface area contributed by atoms with Gasteiger partial charge in [0.2, 0.25) is 0 Å². The molecule has 1 aromatic heterocycles. The van der Waals surface area contributed by atoms with Crippen LogP contribution in [-0.2, 0) is 12.5 Å². The summed E-state index contributed by atoms with van der Waals surface area (Å²) in [4.78, 5) is 0. The first-order chi connectivity index (χ1) is 8.76. The molecule has 1 aliphatic carbocycles. The Kier molecular flexibility index (Phi) is 2.71. The van der Waals surface area contributed by atoms with Crippen molar-refractivity contribution in [1.82, 2.24) is 15.1 Å².